The number of alkyl halides is 7. The second kappa shape index (κ2) is 7.39. The molecule has 2 aromatic rings. The Kier molecular flexibility index (Phi) is 5.36. The lowest BCUT2D eigenvalue weighted by molar-refractivity contribution is -0.348. The van der Waals surface area contributed by atoms with Crippen molar-refractivity contribution in [3.63, 3.8) is 0 Å². The van der Waals surface area contributed by atoms with Gasteiger partial charge in [-0.3, -0.25) is 0 Å². The molecular weight excluding hydrogens is 482 g/mol. The van der Waals surface area contributed by atoms with Gasteiger partial charge in [-0.25, -0.2) is 17.2 Å². The summed E-state index contributed by atoms with van der Waals surface area (Å²) in [6.07, 6.45) is -12.6. The molecule has 2 atom stereocenters. The number of hydrogen-bond acceptors (Lipinski definition) is 3. The summed E-state index contributed by atoms with van der Waals surface area (Å²) in [6, 6.07) is 5.12. The van der Waals surface area contributed by atoms with Gasteiger partial charge in [-0.1, -0.05) is 24.3 Å². The van der Waals surface area contributed by atoms with E-state index in [0.717, 1.165) is 18.2 Å². The lowest BCUT2D eigenvalue weighted by Gasteiger charge is -2.41. The summed E-state index contributed by atoms with van der Waals surface area (Å²) in [6.45, 7) is 0.207. The van der Waals surface area contributed by atoms with Gasteiger partial charge in [-0.15, -0.1) is 0 Å². The number of aryl methyl sites for hydroxylation is 1. The summed E-state index contributed by atoms with van der Waals surface area (Å²) in [5.74, 6) is -0.820. The van der Waals surface area contributed by atoms with Crippen LogP contribution in [-0.2, 0) is 26.7 Å². The van der Waals surface area contributed by atoms with E-state index in [1.54, 1.807) is 0 Å². The molecule has 3 nitrogen and oxygen atoms in total. The minimum atomic E-state index is -6.28. The van der Waals surface area contributed by atoms with Gasteiger partial charge in [0.25, 0.3) is 0 Å². The third-order valence-electron chi connectivity index (χ3n) is 6.48. The third-order valence-corrected chi connectivity index (χ3v) is 9.02. The van der Waals surface area contributed by atoms with E-state index in [4.69, 9.17) is 0 Å². The molecule has 1 N–H and O–H groups in total. The first-order valence-electron chi connectivity index (χ1n) is 9.86. The first-order chi connectivity index (χ1) is 15.2. The number of hydrogen-bond donors (Lipinski definition) is 1. The van der Waals surface area contributed by atoms with Gasteiger partial charge in [-0.05, 0) is 55.1 Å². The molecule has 0 spiro atoms. The molecule has 12 heteroatoms. The maximum atomic E-state index is 14.6. The summed E-state index contributed by atoms with van der Waals surface area (Å²) < 4.78 is 133. The SMILES string of the molecule is O=S(=O)(c1cccc(F)c1)[C@@]12CCN[C@@H]1CCc1cc(C(F)(C(F)(F)F)C(F)(F)F)ccc12. The maximum absolute atomic E-state index is 14.6. The fourth-order valence-electron chi connectivity index (χ4n) is 4.96. The standard InChI is InChI=1S/C21H17F8NO2S/c22-14-2-1-3-15(11-14)33(31,32)18-8-9-30-17(18)7-4-12-10-13(5-6-16(12)18)19(23,20(24,25)26)21(27,28)29/h1-3,5-6,10-11,17,30H,4,7-9H2/t17-,18-/m1/s1. The minimum Gasteiger partial charge on any atom is -0.312 e. The van der Waals surface area contributed by atoms with Crippen molar-refractivity contribution in [2.24, 2.45) is 0 Å². The van der Waals surface area contributed by atoms with Crippen LogP contribution in [0.2, 0.25) is 0 Å². The van der Waals surface area contributed by atoms with Crippen molar-refractivity contribution in [2.75, 3.05) is 6.54 Å². The lowest BCUT2D eigenvalue weighted by atomic mass is 9.77. The quantitative estimate of drug-likeness (QED) is 0.599. The van der Waals surface area contributed by atoms with E-state index in [-0.39, 0.29) is 41.8 Å². The fraction of sp³-hybridized carbons (Fsp3) is 0.429. The Morgan fingerprint density at radius 1 is 0.939 bits per heavy atom. The monoisotopic (exact) mass is 499 g/mol. The summed E-state index contributed by atoms with van der Waals surface area (Å²) in [7, 11) is -4.34. The highest BCUT2D eigenvalue weighted by Gasteiger charge is 2.73. The number of halogens is 8. The van der Waals surface area contributed by atoms with Crippen molar-refractivity contribution in [3.05, 3.63) is 65.0 Å². The number of nitrogens with one attached hydrogen (secondary N) is 1. The third kappa shape index (κ3) is 3.28. The van der Waals surface area contributed by atoms with Crippen LogP contribution >= 0.6 is 0 Å². The first kappa shape index (κ1) is 23.9. The molecule has 4 rings (SSSR count). The van der Waals surface area contributed by atoms with E-state index in [1.807, 2.05) is 0 Å². The molecule has 0 bridgehead atoms. The highest BCUT2D eigenvalue weighted by atomic mass is 32.2. The topological polar surface area (TPSA) is 46.2 Å². The number of benzene rings is 2. The van der Waals surface area contributed by atoms with E-state index in [0.29, 0.717) is 12.1 Å². The minimum absolute atomic E-state index is 0.0107. The van der Waals surface area contributed by atoms with Crippen molar-refractivity contribution in [1.29, 1.82) is 0 Å². The Morgan fingerprint density at radius 2 is 1.61 bits per heavy atom. The van der Waals surface area contributed by atoms with E-state index in [1.165, 1.54) is 12.1 Å². The first-order valence-corrected chi connectivity index (χ1v) is 11.3. The van der Waals surface area contributed by atoms with Crippen molar-refractivity contribution < 1.29 is 43.5 Å². The van der Waals surface area contributed by atoms with Gasteiger partial charge in [0.05, 0.1) is 4.90 Å². The molecule has 0 saturated carbocycles. The van der Waals surface area contributed by atoms with Crippen LogP contribution in [0.4, 0.5) is 35.1 Å². The zero-order valence-corrected chi connectivity index (χ0v) is 17.5. The summed E-state index contributed by atoms with van der Waals surface area (Å²) in [5.41, 5.74) is -7.41. The average Bonchev–Trinajstić information content (AvgIpc) is 3.17. The van der Waals surface area contributed by atoms with Gasteiger partial charge in [-0.2, -0.15) is 26.3 Å². The van der Waals surface area contributed by atoms with Crippen LogP contribution in [-0.4, -0.2) is 33.4 Å². The molecule has 0 radical (unpaired) electrons. The smallest absolute Gasteiger partial charge is 0.312 e. The van der Waals surface area contributed by atoms with E-state index >= 15 is 0 Å². The number of fused-ring (bicyclic) bond motifs is 3. The second-order valence-corrected chi connectivity index (χ2v) is 10.4. The van der Waals surface area contributed by atoms with Gasteiger partial charge in [0.2, 0.25) is 0 Å². The molecule has 2 aliphatic rings. The Hall–Kier alpha value is -2.21. The zero-order chi connectivity index (χ0) is 24.4. The van der Waals surface area contributed by atoms with Crippen LogP contribution in [0.15, 0.2) is 47.4 Å². The molecule has 33 heavy (non-hydrogen) atoms. The highest BCUT2D eigenvalue weighted by molar-refractivity contribution is 7.92. The molecule has 1 aliphatic heterocycles. The van der Waals surface area contributed by atoms with Crippen LogP contribution in [0.25, 0.3) is 0 Å². The van der Waals surface area contributed by atoms with Gasteiger partial charge in [0.15, 0.2) is 9.84 Å². The Bertz CT molecular complexity index is 1180. The van der Waals surface area contributed by atoms with Crippen molar-refractivity contribution in [3.8, 4) is 0 Å². The molecular formula is C21H17F8NO2S. The normalized spacial score (nSPS) is 23.8. The Morgan fingerprint density at radius 3 is 2.21 bits per heavy atom. The molecule has 1 fully saturated rings. The van der Waals surface area contributed by atoms with E-state index in [2.05, 4.69) is 5.32 Å². The molecule has 180 valence electrons. The van der Waals surface area contributed by atoms with Crippen LogP contribution in [0.1, 0.15) is 29.5 Å². The average molecular weight is 499 g/mol. The maximum Gasteiger partial charge on any atom is 0.435 e. The molecule has 1 saturated heterocycles. The fourth-order valence-corrected chi connectivity index (χ4v) is 7.34. The highest BCUT2D eigenvalue weighted by Crippen LogP contribution is 2.55. The van der Waals surface area contributed by atoms with Crippen LogP contribution < -0.4 is 5.32 Å². The van der Waals surface area contributed by atoms with Crippen LogP contribution in [0.5, 0.6) is 0 Å². The molecule has 0 unspecified atom stereocenters. The summed E-state index contributed by atoms with van der Waals surface area (Å²) in [4.78, 5) is -0.362. The van der Waals surface area contributed by atoms with E-state index < -0.39 is 50.0 Å². The Balaban J connectivity index is 1.93. The van der Waals surface area contributed by atoms with Crippen molar-refractivity contribution >= 4 is 9.84 Å². The largest absolute Gasteiger partial charge is 0.435 e. The molecule has 1 heterocycles. The zero-order valence-electron chi connectivity index (χ0n) is 16.7. The number of rotatable bonds is 3. The molecule has 0 aromatic heterocycles. The predicted molar refractivity (Wildman–Crippen MR) is 101 cm³/mol. The van der Waals surface area contributed by atoms with Crippen molar-refractivity contribution in [2.45, 2.75) is 53.0 Å². The van der Waals surface area contributed by atoms with Gasteiger partial charge in [0.1, 0.15) is 10.6 Å². The summed E-state index contributed by atoms with van der Waals surface area (Å²) >= 11 is 0. The lowest BCUT2D eigenvalue weighted by Crippen LogP contribution is -2.51. The molecule has 0 amide bonds. The van der Waals surface area contributed by atoms with E-state index in [9.17, 15) is 43.5 Å². The van der Waals surface area contributed by atoms with Crippen LogP contribution in [0.3, 0.4) is 0 Å². The number of sulfone groups is 1. The van der Waals surface area contributed by atoms with Gasteiger partial charge >= 0.3 is 18.0 Å². The predicted octanol–water partition coefficient (Wildman–Crippen LogP) is 5.09. The second-order valence-electron chi connectivity index (χ2n) is 8.17. The van der Waals surface area contributed by atoms with Gasteiger partial charge in [0, 0.05) is 11.6 Å². The summed E-state index contributed by atoms with van der Waals surface area (Å²) in [5, 5.41) is 3.02. The van der Waals surface area contributed by atoms with Crippen molar-refractivity contribution in [1.82, 2.24) is 5.32 Å². The van der Waals surface area contributed by atoms with Gasteiger partial charge < -0.3 is 5.32 Å². The van der Waals surface area contributed by atoms with Crippen LogP contribution in [0, 0.1) is 5.82 Å². The Labute approximate surface area is 183 Å². The molecule has 2 aromatic carbocycles. The molecule has 1 aliphatic carbocycles.